The molecule has 0 aliphatic heterocycles. The molecule has 0 saturated heterocycles. The standard InChI is InChI=1S/C6H14N2O4S/c1-3-4(2)5(6(9)10)8-13(7,11)12/h4-5,8H,3H2,1-2H3,(H,9,10)(H2,7,11,12). The molecule has 2 unspecified atom stereocenters. The van der Waals surface area contributed by atoms with Crippen molar-refractivity contribution in [1.82, 2.24) is 4.72 Å². The van der Waals surface area contributed by atoms with Crippen molar-refractivity contribution in [3.05, 3.63) is 0 Å². The monoisotopic (exact) mass is 210 g/mol. The summed E-state index contributed by atoms with van der Waals surface area (Å²) in [7, 11) is -3.95. The van der Waals surface area contributed by atoms with Gasteiger partial charge in [-0.05, 0) is 5.92 Å². The number of carbonyl (C=O) groups is 1. The van der Waals surface area contributed by atoms with E-state index in [0.717, 1.165) is 0 Å². The van der Waals surface area contributed by atoms with Crippen molar-refractivity contribution in [2.45, 2.75) is 26.3 Å². The zero-order chi connectivity index (χ0) is 10.6. The van der Waals surface area contributed by atoms with Gasteiger partial charge in [-0.2, -0.15) is 13.1 Å². The van der Waals surface area contributed by atoms with Gasteiger partial charge in [-0.15, -0.1) is 0 Å². The number of hydrogen-bond donors (Lipinski definition) is 3. The zero-order valence-electron chi connectivity index (χ0n) is 7.52. The van der Waals surface area contributed by atoms with Gasteiger partial charge in [0.2, 0.25) is 0 Å². The van der Waals surface area contributed by atoms with Crippen molar-refractivity contribution in [2.24, 2.45) is 11.1 Å². The average molecular weight is 210 g/mol. The van der Waals surface area contributed by atoms with Crippen LogP contribution in [0.4, 0.5) is 0 Å². The van der Waals surface area contributed by atoms with Crippen LogP contribution in [0.5, 0.6) is 0 Å². The Morgan fingerprint density at radius 3 is 2.31 bits per heavy atom. The highest BCUT2D eigenvalue weighted by molar-refractivity contribution is 7.87. The normalized spacial score (nSPS) is 16.5. The number of carboxylic acids is 1. The van der Waals surface area contributed by atoms with Gasteiger partial charge in [0, 0.05) is 0 Å². The molecule has 0 heterocycles. The highest BCUT2D eigenvalue weighted by Crippen LogP contribution is 2.07. The fourth-order valence-electron chi connectivity index (χ4n) is 0.823. The van der Waals surface area contributed by atoms with Crippen LogP contribution >= 0.6 is 0 Å². The van der Waals surface area contributed by atoms with Crippen molar-refractivity contribution in [1.29, 1.82) is 0 Å². The van der Waals surface area contributed by atoms with Gasteiger partial charge in [-0.3, -0.25) is 4.79 Å². The number of aliphatic carboxylic acids is 1. The van der Waals surface area contributed by atoms with Gasteiger partial charge >= 0.3 is 5.97 Å². The van der Waals surface area contributed by atoms with Crippen molar-refractivity contribution >= 4 is 16.2 Å². The van der Waals surface area contributed by atoms with Gasteiger partial charge in [0.25, 0.3) is 10.2 Å². The van der Waals surface area contributed by atoms with E-state index in [0.29, 0.717) is 6.42 Å². The van der Waals surface area contributed by atoms with Gasteiger partial charge in [-0.25, -0.2) is 5.14 Å². The third kappa shape index (κ3) is 4.81. The first-order valence-corrected chi connectivity index (χ1v) is 5.35. The predicted molar refractivity (Wildman–Crippen MR) is 47.1 cm³/mol. The zero-order valence-corrected chi connectivity index (χ0v) is 8.34. The van der Waals surface area contributed by atoms with E-state index in [1.54, 1.807) is 13.8 Å². The van der Waals surface area contributed by atoms with Crippen molar-refractivity contribution < 1.29 is 18.3 Å². The molecule has 13 heavy (non-hydrogen) atoms. The quantitative estimate of drug-likeness (QED) is 0.556. The number of hydrogen-bond acceptors (Lipinski definition) is 3. The van der Waals surface area contributed by atoms with Gasteiger partial charge in [0.1, 0.15) is 6.04 Å². The van der Waals surface area contributed by atoms with E-state index in [9.17, 15) is 13.2 Å². The lowest BCUT2D eigenvalue weighted by Gasteiger charge is -2.18. The molecule has 7 heteroatoms. The van der Waals surface area contributed by atoms with E-state index >= 15 is 0 Å². The van der Waals surface area contributed by atoms with Crippen LogP contribution in [0.25, 0.3) is 0 Å². The topological polar surface area (TPSA) is 109 Å². The third-order valence-corrected chi connectivity index (χ3v) is 2.35. The lowest BCUT2D eigenvalue weighted by molar-refractivity contribution is -0.140. The molecule has 0 radical (unpaired) electrons. The lowest BCUT2D eigenvalue weighted by Crippen LogP contribution is -2.47. The number of rotatable bonds is 5. The van der Waals surface area contributed by atoms with Gasteiger partial charge < -0.3 is 5.11 Å². The van der Waals surface area contributed by atoms with Crippen LogP contribution in [0.3, 0.4) is 0 Å². The largest absolute Gasteiger partial charge is 0.480 e. The SMILES string of the molecule is CCC(C)C(NS(N)(=O)=O)C(=O)O. The second-order valence-electron chi connectivity index (χ2n) is 2.86. The molecule has 0 spiro atoms. The molecular weight excluding hydrogens is 196 g/mol. The minimum absolute atomic E-state index is 0.296. The first-order chi connectivity index (χ1) is 5.78. The minimum Gasteiger partial charge on any atom is -0.480 e. The van der Waals surface area contributed by atoms with E-state index < -0.39 is 22.2 Å². The molecule has 0 aromatic rings. The summed E-state index contributed by atoms with van der Waals surface area (Å²) < 4.78 is 23.0. The second-order valence-corrected chi connectivity index (χ2v) is 4.19. The average Bonchev–Trinajstić information content (AvgIpc) is 1.96. The first-order valence-electron chi connectivity index (χ1n) is 3.80. The summed E-state index contributed by atoms with van der Waals surface area (Å²) in [6.07, 6.45) is 0.555. The fraction of sp³-hybridized carbons (Fsp3) is 0.833. The third-order valence-electron chi connectivity index (χ3n) is 1.77. The molecule has 0 aromatic heterocycles. The molecule has 0 aliphatic carbocycles. The Hall–Kier alpha value is -0.660. The Balaban J connectivity index is 4.54. The van der Waals surface area contributed by atoms with E-state index in [4.69, 9.17) is 5.11 Å². The summed E-state index contributed by atoms with van der Waals surface area (Å²) >= 11 is 0. The molecule has 0 rings (SSSR count). The smallest absolute Gasteiger partial charge is 0.322 e. The summed E-state index contributed by atoms with van der Waals surface area (Å²) in [6, 6.07) is -1.15. The van der Waals surface area contributed by atoms with Crippen molar-refractivity contribution in [3.8, 4) is 0 Å². The van der Waals surface area contributed by atoms with Crippen LogP contribution in [0.15, 0.2) is 0 Å². The van der Waals surface area contributed by atoms with E-state index in [-0.39, 0.29) is 5.92 Å². The Morgan fingerprint density at radius 1 is 1.62 bits per heavy atom. The van der Waals surface area contributed by atoms with Crippen LogP contribution in [0.2, 0.25) is 0 Å². The van der Waals surface area contributed by atoms with Crippen LogP contribution in [-0.4, -0.2) is 25.5 Å². The van der Waals surface area contributed by atoms with Crippen LogP contribution in [0, 0.1) is 5.92 Å². The lowest BCUT2D eigenvalue weighted by atomic mass is 10.0. The molecule has 0 saturated carbocycles. The summed E-state index contributed by atoms with van der Waals surface area (Å²) in [4.78, 5) is 10.6. The van der Waals surface area contributed by atoms with Crippen molar-refractivity contribution in [3.63, 3.8) is 0 Å². The van der Waals surface area contributed by atoms with E-state index in [1.165, 1.54) is 0 Å². The Morgan fingerprint density at radius 2 is 2.08 bits per heavy atom. The summed E-state index contributed by atoms with van der Waals surface area (Å²) in [5, 5.41) is 13.3. The van der Waals surface area contributed by atoms with E-state index in [2.05, 4.69) is 5.14 Å². The maximum absolute atomic E-state index is 10.6. The van der Waals surface area contributed by atoms with Gasteiger partial charge in [-0.1, -0.05) is 20.3 Å². The fourth-order valence-corrected chi connectivity index (χ4v) is 1.51. The maximum atomic E-state index is 10.6. The highest BCUT2D eigenvalue weighted by Gasteiger charge is 2.26. The molecule has 0 amide bonds. The molecule has 78 valence electrons. The Bertz CT molecular complexity index is 274. The van der Waals surface area contributed by atoms with Gasteiger partial charge in [0.15, 0.2) is 0 Å². The second kappa shape index (κ2) is 4.54. The molecule has 0 fully saturated rings. The molecule has 6 nitrogen and oxygen atoms in total. The molecule has 4 N–H and O–H groups in total. The van der Waals surface area contributed by atoms with E-state index in [1.807, 2.05) is 4.72 Å². The Labute approximate surface area is 77.3 Å². The highest BCUT2D eigenvalue weighted by atomic mass is 32.2. The number of nitrogens with two attached hydrogens (primary N) is 1. The van der Waals surface area contributed by atoms with Gasteiger partial charge in [0.05, 0.1) is 0 Å². The molecule has 0 bridgehead atoms. The summed E-state index contributed by atoms with van der Waals surface area (Å²) in [5.41, 5.74) is 0. The van der Waals surface area contributed by atoms with Crippen LogP contribution < -0.4 is 9.86 Å². The molecule has 0 aliphatic rings. The Kier molecular flexibility index (Phi) is 4.31. The predicted octanol–water partition coefficient (Wildman–Crippen LogP) is -0.721. The first kappa shape index (κ1) is 12.3. The van der Waals surface area contributed by atoms with Crippen LogP contribution in [0.1, 0.15) is 20.3 Å². The molecule has 2 atom stereocenters. The summed E-state index contributed by atoms with van der Waals surface area (Å²) in [5.74, 6) is -1.51. The molecular formula is C6H14N2O4S. The van der Waals surface area contributed by atoms with Crippen LogP contribution in [-0.2, 0) is 15.0 Å². The van der Waals surface area contributed by atoms with Crippen molar-refractivity contribution in [2.75, 3.05) is 0 Å². The number of carboxylic acid groups (broad SMARTS) is 1. The maximum Gasteiger partial charge on any atom is 0.322 e. The minimum atomic E-state index is -3.95. The molecule has 0 aromatic carbocycles. The number of nitrogens with one attached hydrogen (secondary N) is 1. The summed E-state index contributed by atoms with van der Waals surface area (Å²) in [6.45, 7) is 3.41.